The molecule has 1 atom stereocenters. The van der Waals surface area contributed by atoms with Crippen LogP contribution in [0.3, 0.4) is 0 Å². The molecule has 1 fully saturated rings. The van der Waals surface area contributed by atoms with Gasteiger partial charge in [0.05, 0.1) is 29.0 Å². The smallest absolute Gasteiger partial charge is 0.251 e. The van der Waals surface area contributed by atoms with E-state index in [4.69, 9.17) is 4.74 Å². The molecule has 2 aromatic rings. The Morgan fingerprint density at radius 2 is 1.52 bits per heavy atom. The molecule has 1 N–H and O–H groups in total. The van der Waals surface area contributed by atoms with Crippen molar-refractivity contribution in [2.75, 3.05) is 32.6 Å². The Morgan fingerprint density at radius 3 is 2.03 bits per heavy atom. The number of nitrogens with zero attached hydrogens (tertiary/aromatic N) is 1. The zero-order valence-corrected chi connectivity index (χ0v) is 19.1. The number of nitrogens with one attached hydrogen (secondary N) is 1. The fraction of sp³-hybridized carbons (Fsp3) is 0.381. The minimum Gasteiger partial charge on any atom is -0.379 e. The molecule has 1 heterocycles. The summed E-state index contributed by atoms with van der Waals surface area (Å²) in [5.74, 6) is -0.339. The molecule has 0 radical (unpaired) electrons. The number of morpholine rings is 1. The summed E-state index contributed by atoms with van der Waals surface area (Å²) < 4.78 is 55.2. The topological polar surface area (TPSA) is 110 Å². The molecule has 0 bridgehead atoms. The highest BCUT2D eigenvalue weighted by Gasteiger charge is 2.26. The first-order valence-corrected chi connectivity index (χ1v) is 13.2. The zero-order chi connectivity index (χ0) is 22.6. The number of hydrogen-bond donors (Lipinski definition) is 1. The fourth-order valence-electron chi connectivity index (χ4n) is 3.32. The fourth-order valence-corrected chi connectivity index (χ4v) is 5.36. The van der Waals surface area contributed by atoms with Gasteiger partial charge in [-0.05, 0) is 48.4 Å². The van der Waals surface area contributed by atoms with Gasteiger partial charge in [-0.3, -0.25) is 4.79 Å². The average Bonchev–Trinajstić information content (AvgIpc) is 2.77. The Morgan fingerprint density at radius 1 is 0.968 bits per heavy atom. The number of rotatable bonds is 7. The maximum atomic E-state index is 12.7. The molecule has 0 aromatic heterocycles. The average molecular weight is 467 g/mol. The predicted molar refractivity (Wildman–Crippen MR) is 116 cm³/mol. The van der Waals surface area contributed by atoms with E-state index in [9.17, 15) is 21.6 Å². The van der Waals surface area contributed by atoms with Gasteiger partial charge in [0.1, 0.15) is 0 Å². The molecule has 0 saturated carbocycles. The molecule has 3 rings (SSSR count). The van der Waals surface area contributed by atoms with Gasteiger partial charge in [0.2, 0.25) is 10.0 Å². The molecule has 10 heteroatoms. The predicted octanol–water partition coefficient (Wildman–Crippen LogP) is 1.99. The lowest BCUT2D eigenvalue weighted by Gasteiger charge is -2.26. The number of amides is 1. The van der Waals surface area contributed by atoms with E-state index < -0.39 is 19.9 Å². The van der Waals surface area contributed by atoms with Crippen molar-refractivity contribution in [3.05, 3.63) is 59.7 Å². The molecule has 31 heavy (non-hydrogen) atoms. The Kier molecular flexibility index (Phi) is 7.15. The zero-order valence-electron chi connectivity index (χ0n) is 17.4. The maximum Gasteiger partial charge on any atom is 0.251 e. The van der Waals surface area contributed by atoms with Crippen molar-refractivity contribution < 1.29 is 26.4 Å². The number of sulfone groups is 1. The third-order valence-electron chi connectivity index (χ3n) is 5.15. The minimum absolute atomic E-state index is 0.134. The van der Waals surface area contributed by atoms with Crippen LogP contribution in [0.1, 0.15) is 35.3 Å². The van der Waals surface area contributed by atoms with E-state index in [1.165, 1.54) is 40.7 Å². The molecule has 2 aromatic carbocycles. The molecule has 168 valence electrons. The van der Waals surface area contributed by atoms with Crippen LogP contribution in [0.5, 0.6) is 0 Å². The van der Waals surface area contributed by atoms with Crippen LogP contribution in [0.2, 0.25) is 0 Å². The first kappa shape index (κ1) is 23.4. The Bertz CT molecular complexity index is 1120. The van der Waals surface area contributed by atoms with Crippen molar-refractivity contribution in [3.8, 4) is 0 Å². The summed E-state index contributed by atoms with van der Waals surface area (Å²) in [4.78, 5) is 13.0. The van der Waals surface area contributed by atoms with E-state index in [0.29, 0.717) is 38.3 Å². The van der Waals surface area contributed by atoms with Crippen LogP contribution in [0.25, 0.3) is 0 Å². The van der Waals surface area contributed by atoms with E-state index in [1.54, 1.807) is 12.1 Å². The normalized spacial score (nSPS) is 16.6. The Hall–Kier alpha value is -2.27. The SMILES string of the molecule is CC[C@@H](NC(=O)c1ccc(S(=O)(=O)N2CCOCC2)cc1)c1ccc(S(C)(=O)=O)cc1. The number of sulfonamides is 1. The highest BCUT2D eigenvalue weighted by molar-refractivity contribution is 7.90. The highest BCUT2D eigenvalue weighted by Crippen LogP contribution is 2.21. The van der Waals surface area contributed by atoms with Crippen LogP contribution in [-0.2, 0) is 24.6 Å². The molecule has 8 nitrogen and oxygen atoms in total. The second kappa shape index (κ2) is 9.47. The summed E-state index contributed by atoms with van der Waals surface area (Å²) in [5.41, 5.74) is 1.13. The van der Waals surface area contributed by atoms with Gasteiger partial charge in [-0.25, -0.2) is 16.8 Å². The molecule has 0 unspecified atom stereocenters. The van der Waals surface area contributed by atoms with Gasteiger partial charge in [0, 0.05) is 24.9 Å². The van der Waals surface area contributed by atoms with Crippen LogP contribution >= 0.6 is 0 Å². The first-order chi connectivity index (χ1) is 14.6. The number of ether oxygens (including phenoxy) is 1. The lowest BCUT2D eigenvalue weighted by atomic mass is 10.0. The van der Waals surface area contributed by atoms with Crippen molar-refractivity contribution >= 4 is 25.8 Å². The monoisotopic (exact) mass is 466 g/mol. The van der Waals surface area contributed by atoms with Crippen LogP contribution in [-0.4, -0.2) is 59.6 Å². The van der Waals surface area contributed by atoms with Crippen molar-refractivity contribution in [2.24, 2.45) is 0 Å². The number of carbonyl (C=O) groups is 1. The van der Waals surface area contributed by atoms with Crippen LogP contribution < -0.4 is 5.32 Å². The van der Waals surface area contributed by atoms with Gasteiger partial charge in [-0.2, -0.15) is 4.31 Å². The number of hydrogen-bond acceptors (Lipinski definition) is 6. The van der Waals surface area contributed by atoms with Crippen LogP contribution in [0.4, 0.5) is 0 Å². The van der Waals surface area contributed by atoms with Crippen molar-refractivity contribution in [2.45, 2.75) is 29.2 Å². The van der Waals surface area contributed by atoms with Gasteiger partial charge in [0.15, 0.2) is 9.84 Å². The first-order valence-electron chi connectivity index (χ1n) is 9.92. The molecule has 0 spiro atoms. The summed E-state index contributed by atoms with van der Waals surface area (Å²) in [6.45, 7) is 3.25. The second-order valence-electron chi connectivity index (χ2n) is 7.32. The van der Waals surface area contributed by atoms with E-state index in [1.807, 2.05) is 6.92 Å². The van der Waals surface area contributed by atoms with Crippen LogP contribution in [0.15, 0.2) is 58.3 Å². The largest absolute Gasteiger partial charge is 0.379 e. The second-order valence-corrected chi connectivity index (χ2v) is 11.3. The number of carbonyl (C=O) groups excluding carboxylic acids is 1. The van der Waals surface area contributed by atoms with Crippen molar-refractivity contribution in [3.63, 3.8) is 0 Å². The summed E-state index contributed by atoms with van der Waals surface area (Å²) >= 11 is 0. The Labute approximate surface area is 183 Å². The minimum atomic E-state index is -3.62. The summed E-state index contributed by atoms with van der Waals surface area (Å²) in [7, 11) is -6.91. The molecule has 1 amide bonds. The molecule has 1 aliphatic heterocycles. The third kappa shape index (κ3) is 5.51. The highest BCUT2D eigenvalue weighted by atomic mass is 32.2. The van der Waals surface area contributed by atoms with Gasteiger partial charge in [0.25, 0.3) is 5.91 Å². The lowest BCUT2D eigenvalue weighted by molar-refractivity contribution is 0.0730. The number of benzene rings is 2. The van der Waals surface area contributed by atoms with E-state index in [2.05, 4.69) is 5.32 Å². The van der Waals surface area contributed by atoms with Gasteiger partial charge in [-0.15, -0.1) is 0 Å². The molecular weight excluding hydrogens is 440 g/mol. The maximum absolute atomic E-state index is 12.7. The lowest BCUT2D eigenvalue weighted by Crippen LogP contribution is -2.40. The molecule has 0 aliphatic carbocycles. The Balaban J connectivity index is 1.72. The third-order valence-corrected chi connectivity index (χ3v) is 8.19. The van der Waals surface area contributed by atoms with Crippen molar-refractivity contribution in [1.82, 2.24) is 9.62 Å². The van der Waals surface area contributed by atoms with E-state index in [0.717, 1.165) is 11.8 Å². The molecule has 1 aliphatic rings. The summed E-state index contributed by atoms with van der Waals surface area (Å²) in [6.07, 6.45) is 1.75. The molecular formula is C21H26N2O6S2. The van der Waals surface area contributed by atoms with E-state index >= 15 is 0 Å². The van der Waals surface area contributed by atoms with Crippen LogP contribution in [0, 0.1) is 0 Å². The van der Waals surface area contributed by atoms with Crippen molar-refractivity contribution in [1.29, 1.82) is 0 Å². The summed E-state index contributed by atoms with van der Waals surface area (Å²) in [5, 5.41) is 2.91. The van der Waals surface area contributed by atoms with Gasteiger partial charge >= 0.3 is 0 Å². The summed E-state index contributed by atoms with van der Waals surface area (Å²) in [6, 6.07) is 11.9. The molecule has 1 saturated heterocycles. The quantitative estimate of drug-likeness (QED) is 0.668. The van der Waals surface area contributed by atoms with Gasteiger partial charge < -0.3 is 10.1 Å². The van der Waals surface area contributed by atoms with Gasteiger partial charge in [-0.1, -0.05) is 19.1 Å². The van der Waals surface area contributed by atoms with E-state index in [-0.39, 0.29) is 21.7 Å². The standard InChI is InChI=1S/C21H26N2O6S2/c1-3-20(16-4-8-18(9-5-16)30(2,25)26)22-21(24)17-6-10-19(11-7-17)31(27,28)23-12-14-29-15-13-23/h4-11,20H,3,12-15H2,1-2H3,(H,22,24)/t20-/m1/s1.